The molecule has 0 atom stereocenters. The standard InChI is InChI=1S/C20H24O5/c1-2-23-20(21)16-22-14-6-7-15-24-17-10-12-19(13-11-17)25-18-8-4-3-5-9-18/h3-5,8-13H,2,6-7,14-16H2,1H3. The molecule has 0 spiro atoms. The van der Waals surface area contributed by atoms with Crippen LogP contribution in [0.4, 0.5) is 0 Å². The average Bonchev–Trinajstić information content (AvgIpc) is 2.63. The molecule has 2 rings (SSSR count). The highest BCUT2D eigenvalue weighted by molar-refractivity contribution is 5.70. The third-order valence-electron chi connectivity index (χ3n) is 3.28. The summed E-state index contributed by atoms with van der Waals surface area (Å²) >= 11 is 0. The largest absolute Gasteiger partial charge is 0.494 e. The van der Waals surface area contributed by atoms with E-state index in [1.165, 1.54) is 0 Å². The fraction of sp³-hybridized carbons (Fsp3) is 0.350. The van der Waals surface area contributed by atoms with Crippen molar-refractivity contribution in [2.45, 2.75) is 19.8 Å². The normalized spacial score (nSPS) is 10.3. The van der Waals surface area contributed by atoms with E-state index in [2.05, 4.69) is 0 Å². The molecule has 0 N–H and O–H groups in total. The fourth-order valence-corrected chi connectivity index (χ4v) is 2.08. The number of carbonyl (C=O) groups excluding carboxylic acids is 1. The third kappa shape index (κ3) is 7.72. The summed E-state index contributed by atoms with van der Waals surface area (Å²) in [6.07, 6.45) is 1.68. The maximum atomic E-state index is 11.1. The maximum Gasteiger partial charge on any atom is 0.332 e. The van der Waals surface area contributed by atoms with Gasteiger partial charge in [0.15, 0.2) is 0 Å². The van der Waals surface area contributed by atoms with Crippen LogP contribution in [0.5, 0.6) is 17.2 Å². The molecule has 2 aromatic rings. The average molecular weight is 344 g/mol. The zero-order valence-corrected chi connectivity index (χ0v) is 14.5. The van der Waals surface area contributed by atoms with Crippen molar-refractivity contribution >= 4 is 5.97 Å². The van der Waals surface area contributed by atoms with Gasteiger partial charge in [-0.25, -0.2) is 4.79 Å². The van der Waals surface area contributed by atoms with Crippen molar-refractivity contribution in [2.24, 2.45) is 0 Å². The molecule has 0 aromatic heterocycles. The highest BCUT2D eigenvalue weighted by Crippen LogP contribution is 2.23. The van der Waals surface area contributed by atoms with E-state index >= 15 is 0 Å². The Morgan fingerprint density at radius 2 is 1.48 bits per heavy atom. The summed E-state index contributed by atoms with van der Waals surface area (Å²) in [6.45, 7) is 3.28. The molecule has 0 amide bonds. The summed E-state index contributed by atoms with van der Waals surface area (Å²) in [5, 5.41) is 0. The molecule has 0 saturated carbocycles. The van der Waals surface area contributed by atoms with E-state index < -0.39 is 0 Å². The molecule has 25 heavy (non-hydrogen) atoms. The minimum Gasteiger partial charge on any atom is -0.494 e. The van der Waals surface area contributed by atoms with Gasteiger partial charge in [0.2, 0.25) is 0 Å². The van der Waals surface area contributed by atoms with E-state index in [1.54, 1.807) is 6.92 Å². The Morgan fingerprint density at radius 3 is 2.20 bits per heavy atom. The molecule has 0 radical (unpaired) electrons. The highest BCUT2D eigenvalue weighted by Gasteiger charge is 2.01. The molecule has 0 unspecified atom stereocenters. The Kier molecular flexibility index (Phi) is 8.35. The monoisotopic (exact) mass is 344 g/mol. The summed E-state index contributed by atoms with van der Waals surface area (Å²) < 4.78 is 21.4. The van der Waals surface area contributed by atoms with E-state index in [4.69, 9.17) is 18.9 Å². The number of benzene rings is 2. The van der Waals surface area contributed by atoms with Gasteiger partial charge in [-0.3, -0.25) is 0 Å². The first kappa shape index (κ1) is 18.8. The number of ether oxygens (including phenoxy) is 4. The van der Waals surface area contributed by atoms with E-state index in [0.717, 1.165) is 30.1 Å². The number of carbonyl (C=O) groups is 1. The lowest BCUT2D eigenvalue weighted by atomic mass is 10.3. The number of hydrogen-bond acceptors (Lipinski definition) is 5. The van der Waals surface area contributed by atoms with Crippen LogP contribution in [0.3, 0.4) is 0 Å². The molecular weight excluding hydrogens is 320 g/mol. The zero-order valence-electron chi connectivity index (χ0n) is 14.5. The van der Waals surface area contributed by atoms with Gasteiger partial charge in [0, 0.05) is 6.61 Å². The van der Waals surface area contributed by atoms with Crippen LogP contribution in [0.25, 0.3) is 0 Å². The maximum absolute atomic E-state index is 11.1. The summed E-state index contributed by atoms with van der Waals surface area (Å²) in [7, 11) is 0. The number of hydrogen-bond donors (Lipinski definition) is 0. The second-order valence-corrected chi connectivity index (χ2v) is 5.30. The summed E-state index contributed by atoms with van der Waals surface area (Å²) in [4.78, 5) is 11.1. The molecule has 0 bridgehead atoms. The van der Waals surface area contributed by atoms with Crippen LogP contribution in [-0.2, 0) is 14.3 Å². The smallest absolute Gasteiger partial charge is 0.332 e. The van der Waals surface area contributed by atoms with E-state index in [9.17, 15) is 4.79 Å². The van der Waals surface area contributed by atoms with Crippen molar-refractivity contribution in [3.8, 4) is 17.2 Å². The lowest BCUT2D eigenvalue weighted by molar-refractivity contribution is -0.148. The Balaban J connectivity index is 1.58. The Morgan fingerprint density at radius 1 is 0.840 bits per heavy atom. The first-order valence-corrected chi connectivity index (χ1v) is 8.47. The number of esters is 1. The topological polar surface area (TPSA) is 54.0 Å². The second kappa shape index (κ2) is 11.1. The van der Waals surface area contributed by atoms with Crippen LogP contribution < -0.4 is 9.47 Å². The first-order chi connectivity index (χ1) is 12.3. The molecule has 5 heteroatoms. The van der Waals surface area contributed by atoms with Gasteiger partial charge in [-0.2, -0.15) is 0 Å². The van der Waals surface area contributed by atoms with E-state index in [-0.39, 0.29) is 12.6 Å². The van der Waals surface area contributed by atoms with Crippen LogP contribution in [0.15, 0.2) is 54.6 Å². The first-order valence-electron chi connectivity index (χ1n) is 8.47. The van der Waals surface area contributed by atoms with Gasteiger partial charge >= 0.3 is 5.97 Å². The summed E-state index contributed by atoms with van der Waals surface area (Å²) in [5.41, 5.74) is 0. The lowest BCUT2D eigenvalue weighted by Gasteiger charge is -2.08. The molecule has 0 aliphatic heterocycles. The molecule has 0 aliphatic carbocycles. The van der Waals surface area contributed by atoms with Gasteiger partial charge in [0.1, 0.15) is 23.9 Å². The lowest BCUT2D eigenvalue weighted by Crippen LogP contribution is -2.13. The van der Waals surface area contributed by atoms with Gasteiger partial charge in [0.05, 0.1) is 13.2 Å². The Bertz CT molecular complexity index is 610. The predicted molar refractivity (Wildman–Crippen MR) is 95.1 cm³/mol. The minimum absolute atomic E-state index is 0.0115. The molecule has 5 nitrogen and oxygen atoms in total. The molecular formula is C20H24O5. The zero-order chi connectivity index (χ0) is 17.7. The van der Waals surface area contributed by atoms with Gasteiger partial charge in [-0.15, -0.1) is 0 Å². The van der Waals surface area contributed by atoms with E-state index in [0.29, 0.717) is 19.8 Å². The molecule has 134 valence electrons. The number of para-hydroxylation sites is 1. The molecule has 0 aliphatic rings. The van der Waals surface area contributed by atoms with E-state index in [1.807, 2.05) is 54.6 Å². The minimum atomic E-state index is -0.323. The molecule has 0 fully saturated rings. The quantitative estimate of drug-likeness (QED) is 0.451. The fourth-order valence-electron chi connectivity index (χ4n) is 2.08. The molecule has 2 aromatic carbocycles. The van der Waals surface area contributed by atoms with Crippen LogP contribution in [0.2, 0.25) is 0 Å². The number of unbranched alkanes of at least 4 members (excludes halogenated alkanes) is 1. The van der Waals surface area contributed by atoms with Gasteiger partial charge in [-0.05, 0) is 56.2 Å². The summed E-state index contributed by atoms with van der Waals surface area (Å²) in [5.74, 6) is 2.05. The van der Waals surface area contributed by atoms with Crippen molar-refractivity contribution in [1.82, 2.24) is 0 Å². The van der Waals surface area contributed by atoms with Gasteiger partial charge < -0.3 is 18.9 Å². The van der Waals surface area contributed by atoms with Crippen LogP contribution >= 0.6 is 0 Å². The Labute approximate surface area is 148 Å². The van der Waals surface area contributed by atoms with Crippen LogP contribution in [-0.4, -0.2) is 32.4 Å². The van der Waals surface area contributed by atoms with Gasteiger partial charge in [-0.1, -0.05) is 18.2 Å². The van der Waals surface area contributed by atoms with Crippen molar-refractivity contribution < 1.29 is 23.7 Å². The van der Waals surface area contributed by atoms with Gasteiger partial charge in [0.25, 0.3) is 0 Å². The molecule has 0 heterocycles. The Hall–Kier alpha value is -2.53. The van der Waals surface area contributed by atoms with Crippen molar-refractivity contribution in [1.29, 1.82) is 0 Å². The second-order valence-electron chi connectivity index (χ2n) is 5.30. The predicted octanol–water partition coefficient (Wildman–Crippen LogP) is 4.22. The SMILES string of the molecule is CCOC(=O)COCCCCOc1ccc(Oc2ccccc2)cc1. The summed E-state index contributed by atoms with van der Waals surface area (Å²) in [6, 6.07) is 17.2. The number of rotatable bonds is 11. The third-order valence-corrected chi connectivity index (χ3v) is 3.28. The van der Waals surface area contributed by atoms with Crippen LogP contribution in [0.1, 0.15) is 19.8 Å². The van der Waals surface area contributed by atoms with Crippen molar-refractivity contribution in [3.63, 3.8) is 0 Å². The van der Waals surface area contributed by atoms with Crippen molar-refractivity contribution in [2.75, 3.05) is 26.4 Å². The molecule has 0 saturated heterocycles. The van der Waals surface area contributed by atoms with Crippen molar-refractivity contribution in [3.05, 3.63) is 54.6 Å². The highest BCUT2D eigenvalue weighted by atomic mass is 16.6. The van der Waals surface area contributed by atoms with Crippen LogP contribution in [0, 0.1) is 0 Å².